The van der Waals surface area contributed by atoms with Crippen LogP contribution in [0.2, 0.25) is 0 Å². The molecule has 0 radical (unpaired) electrons. The number of hydrogen-bond donors (Lipinski definition) is 1. The van der Waals surface area contributed by atoms with Gasteiger partial charge in [-0.1, -0.05) is 27.7 Å². The van der Waals surface area contributed by atoms with Gasteiger partial charge in [0.1, 0.15) is 0 Å². The molecule has 0 aromatic heterocycles. The fraction of sp³-hybridized carbons (Fsp3) is 1.00. The fourth-order valence-corrected chi connectivity index (χ4v) is 4.86. The molecule has 2 atom stereocenters. The molecule has 2 unspecified atom stereocenters. The molecule has 114 valence electrons. The van der Waals surface area contributed by atoms with E-state index in [1.165, 1.54) is 0 Å². The molecule has 1 aliphatic rings. The van der Waals surface area contributed by atoms with Gasteiger partial charge < -0.3 is 5.32 Å². The van der Waals surface area contributed by atoms with Crippen LogP contribution in [0.15, 0.2) is 0 Å². The van der Waals surface area contributed by atoms with Crippen molar-refractivity contribution in [2.24, 2.45) is 11.3 Å². The second-order valence-corrected chi connectivity index (χ2v) is 8.89. The van der Waals surface area contributed by atoms with Crippen LogP contribution >= 0.6 is 0 Å². The Hall–Kier alpha value is -0.130. The number of nitrogens with zero attached hydrogens (tertiary/aromatic N) is 1. The van der Waals surface area contributed by atoms with Crippen molar-refractivity contribution in [1.82, 2.24) is 9.62 Å². The van der Waals surface area contributed by atoms with Crippen LogP contribution in [0.3, 0.4) is 0 Å². The van der Waals surface area contributed by atoms with Crippen molar-refractivity contribution in [2.45, 2.75) is 53.5 Å². The maximum absolute atomic E-state index is 12.4. The molecule has 0 saturated carbocycles. The summed E-state index contributed by atoms with van der Waals surface area (Å²) in [5.74, 6) is 0.672. The topological polar surface area (TPSA) is 49.4 Å². The predicted molar refractivity (Wildman–Crippen MR) is 80.7 cm³/mol. The molecule has 1 saturated heterocycles. The summed E-state index contributed by atoms with van der Waals surface area (Å²) in [5.41, 5.74) is -0.181. The molecule has 0 bridgehead atoms. The highest BCUT2D eigenvalue weighted by Gasteiger charge is 2.33. The third-order valence-corrected chi connectivity index (χ3v) is 6.01. The molecule has 4 nitrogen and oxygen atoms in total. The van der Waals surface area contributed by atoms with E-state index in [1.807, 2.05) is 20.8 Å². The zero-order valence-electron chi connectivity index (χ0n) is 13.1. The first-order chi connectivity index (χ1) is 8.65. The van der Waals surface area contributed by atoms with Gasteiger partial charge in [0.2, 0.25) is 10.0 Å². The summed E-state index contributed by atoms with van der Waals surface area (Å²) in [5, 5.41) is 3.41. The maximum atomic E-state index is 12.4. The number of nitrogens with one attached hydrogen (secondary N) is 1. The normalized spacial score (nSPS) is 24.4. The van der Waals surface area contributed by atoms with Gasteiger partial charge >= 0.3 is 0 Å². The van der Waals surface area contributed by atoms with Gasteiger partial charge in [-0.15, -0.1) is 0 Å². The highest BCUT2D eigenvalue weighted by atomic mass is 32.2. The average Bonchev–Trinajstić information content (AvgIpc) is 2.26. The zero-order chi connectivity index (χ0) is 14.7. The quantitative estimate of drug-likeness (QED) is 0.843. The SMILES string of the molecule is CCNC(C)C1CCCN(S(=O)(=O)CC(C)(C)C)C1. The number of piperidine rings is 1. The molecule has 1 fully saturated rings. The van der Waals surface area contributed by atoms with Gasteiger partial charge in [0, 0.05) is 19.1 Å². The van der Waals surface area contributed by atoms with Crippen molar-refractivity contribution in [2.75, 3.05) is 25.4 Å². The van der Waals surface area contributed by atoms with Crippen LogP contribution in [0.25, 0.3) is 0 Å². The number of rotatable bonds is 5. The minimum atomic E-state index is -3.12. The summed E-state index contributed by atoms with van der Waals surface area (Å²) in [7, 11) is -3.12. The van der Waals surface area contributed by atoms with Crippen LogP contribution in [-0.2, 0) is 10.0 Å². The largest absolute Gasteiger partial charge is 0.314 e. The van der Waals surface area contributed by atoms with Gasteiger partial charge in [0.05, 0.1) is 5.75 Å². The van der Waals surface area contributed by atoms with Crippen molar-refractivity contribution in [3.8, 4) is 0 Å². The monoisotopic (exact) mass is 290 g/mol. The molecule has 1 rings (SSSR count). The summed E-state index contributed by atoms with van der Waals surface area (Å²) in [4.78, 5) is 0. The van der Waals surface area contributed by atoms with E-state index in [0.29, 0.717) is 25.0 Å². The molecular formula is C14H30N2O2S. The van der Waals surface area contributed by atoms with Crippen LogP contribution in [0.5, 0.6) is 0 Å². The van der Waals surface area contributed by atoms with Gasteiger partial charge in [-0.3, -0.25) is 0 Å². The lowest BCUT2D eigenvalue weighted by molar-refractivity contribution is 0.223. The van der Waals surface area contributed by atoms with E-state index in [-0.39, 0.29) is 11.2 Å². The summed E-state index contributed by atoms with van der Waals surface area (Å²) in [6.07, 6.45) is 2.10. The summed E-state index contributed by atoms with van der Waals surface area (Å²) >= 11 is 0. The molecular weight excluding hydrogens is 260 g/mol. The minimum absolute atomic E-state index is 0.181. The second-order valence-electron chi connectivity index (χ2n) is 6.92. The van der Waals surface area contributed by atoms with Crippen molar-refractivity contribution in [3.63, 3.8) is 0 Å². The van der Waals surface area contributed by atoms with Gasteiger partial charge in [-0.2, -0.15) is 0 Å². The lowest BCUT2D eigenvalue weighted by atomic mass is 9.93. The second kappa shape index (κ2) is 6.55. The van der Waals surface area contributed by atoms with Crippen molar-refractivity contribution < 1.29 is 8.42 Å². The molecule has 0 aliphatic carbocycles. The smallest absolute Gasteiger partial charge is 0.214 e. The van der Waals surface area contributed by atoms with E-state index in [4.69, 9.17) is 0 Å². The summed E-state index contributed by atoms with van der Waals surface area (Å²) in [6, 6.07) is 0.387. The zero-order valence-corrected chi connectivity index (χ0v) is 13.9. The van der Waals surface area contributed by atoms with Gasteiger partial charge in [-0.25, -0.2) is 12.7 Å². The Balaban J connectivity index is 2.69. The van der Waals surface area contributed by atoms with Crippen molar-refractivity contribution in [1.29, 1.82) is 0 Å². The molecule has 0 aromatic rings. The molecule has 0 spiro atoms. The van der Waals surface area contributed by atoms with Crippen LogP contribution in [0, 0.1) is 11.3 Å². The number of hydrogen-bond acceptors (Lipinski definition) is 3. The third-order valence-electron chi connectivity index (χ3n) is 3.66. The molecule has 1 aliphatic heterocycles. The van der Waals surface area contributed by atoms with E-state index in [2.05, 4.69) is 19.2 Å². The minimum Gasteiger partial charge on any atom is -0.314 e. The lowest BCUT2D eigenvalue weighted by Crippen LogP contribution is -2.48. The van der Waals surface area contributed by atoms with Crippen molar-refractivity contribution >= 4 is 10.0 Å². The lowest BCUT2D eigenvalue weighted by Gasteiger charge is -2.36. The van der Waals surface area contributed by atoms with Crippen LogP contribution in [0.4, 0.5) is 0 Å². The summed E-state index contributed by atoms with van der Waals surface area (Å²) in [6.45, 7) is 12.5. The fourth-order valence-electron chi connectivity index (χ4n) is 2.76. The standard InChI is InChI=1S/C14H30N2O2S/c1-6-15-12(2)13-8-7-9-16(10-13)19(17,18)11-14(3,4)5/h12-13,15H,6-11H2,1-5H3. The Labute approximate surface area is 119 Å². The first-order valence-corrected chi connectivity index (χ1v) is 8.98. The Morgan fingerprint density at radius 1 is 1.37 bits per heavy atom. The van der Waals surface area contributed by atoms with Crippen LogP contribution in [0.1, 0.15) is 47.5 Å². The third kappa shape index (κ3) is 5.40. The van der Waals surface area contributed by atoms with Gasteiger partial charge in [0.25, 0.3) is 0 Å². The average molecular weight is 290 g/mol. The highest BCUT2D eigenvalue weighted by molar-refractivity contribution is 7.89. The Bertz CT molecular complexity index is 373. The summed E-state index contributed by atoms with van der Waals surface area (Å²) < 4.78 is 26.6. The predicted octanol–water partition coefficient (Wildman–Crippen LogP) is 2.07. The molecule has 19 heavy (non-hydrogen) atoms. The maximum Gasteiger partial charge on any atom is 0.214 e. The number of sulfonamides is 1. The molecule has 0 amide bonds. The molecule has 1 heterocycles. The van der Waals surface area contributed by atoms with E-state index in [9.17, 15) is 8.42 Å². The van der Waals surface area contributed by atoms with Crippen LogP contribution < -0.4 is 5.32 Å². The Morgan fingerprint density at radius 2 is 2.00 bits per heavy atom. The highest BCUT2D eigenvalue weighted by Crippen LogP contribution is 2.25. The van der Waals surface area contributed by atoms with Gasteiger partial charge in [0.15, 0.2) is 0 Å². The van der Waals surface area contributed by atoms with E-state index >= 15 is 0 Å². The van der Waals surface area contributed by atoms with Gasteiger partial charge in [-0.05, 0) is 37.6 Å². The molecule has 5 heteroatoms. The van der Waals surface area contributed by atoms with E-state index in [0.717, 1.165) is 19.4 Å². The Morgan fingerprint density at radius 3 is 2.53 bits per heavy atom. The Kier molecular flexibility index (Phi) is 5.83. The van der Waals surface area contributed by atoms with E-state index in [1.54, 1.807) is 4.31 Å². The van der Waals surface area contributed by atoms with Crippen molar-refractivity contribution in [3.05, 3.63) is 0 Å². The molecule has 1 N–H and O–H groups in total. The first-order valence-electron chi connectivity index (χ1n) is 7.37. The van der Waals surface area contributed by atoms with Crippen LogP contribution in [-0.4, -0.2) is 44.2 Å². The first kappa shape index (κ1) is 16.9. The molecule has 0 aromatic carbocycles. The van der Waals surface area contributed by atoms with E-state index < -0.39 is 10.0 Å².